The summed E-state index contributed by atoms with van der Waals surface area (Å²) < 4.78 is 18.2. The lowest BCUT2D eigenvalue weighted by atomic mass is 9.77. The first-order valence-electron chi connectivity index (χ1n) is 7.60. The second kappa shape index (κ2) is 4.73. The van der Waals surface area contributed by atoms with Crippen molar-refractivity contribution < 1.29 is 13.7 Å². The van der Waals surface area contributed by atoms with Gasteiger partial charge in [0.1, 0.15) is 5.58 Å². The smallest absolute Gasteiger partial charge is 0.454 e. The van der Waals surface area contributed by atoms with Crippen LogP contribution in [0.2, 0.25) is 5.02 Å². The fourth-order valence-electron chi connectivity index (χ4n) is 2.88. The molecule has 2 aromatic heterocycles. The van der Waals surface area contributed by atoms with Gasteiger partial charge in [0.25, 0.3) is 0 Å². The summed E-state index contributed by atoms with van der Waals surface area (Å²) in [5.41, 5.74) is 1.51. The highest BCUT2D eigenvalue weighted by Crippen LogP contribution is 2.38. The maximum absolute atomic E-state index is 6.17. The number of hydrogen-bond donors (Lipinski definition) is 0. The van der Waals surface area contributed by atoms with Crippen molar-refractivity contribution in [3.8, 4) is 0 Å². The summed E-state index contributed by atoms with van der Waals surface area (Å²) >= 11 is 6.06. The predicted molar refractivity (Wildman–Crippen MR) is 92.2 cm³/mol. The fourth-order valence-corrected chi connectivity index (χ4v) is 3.04. The molecule has 1 saturated heterocycles. The molecular formula is C17H17BClNO3. The quantitative estimate of drug-likeness (QED) is 0.634. The topological polar surface area (TPSA) is 44.5 Å². The Morgan fingerprint density at radius 1 is 1.00 bits per heavy atom. The second-order valence-electron chi connectivity index (χ2n) is 6.93. The Labute approximate surface area is 139 Å². The van der Waals surface area contributed by atoms with Gasteiger partial charge in [-0.05, 0) is 39.8 Å². The van der Waals surface area contributed by atoms with Crippen molar-refractivity contribution >= 4 is 46.1 Å². The van der Waals surface area contributed by atoms with E-state index in [-0.39, 0.29) is 0 Å². The van der Waals surface area contributed by atoms with Crippen molar-refractivity contribution in [1.29, 1.82) is 0 Å². The predicted octanol–water partition coefficient (Wildman–Crippen LogP) is 3.93. The average Bonchev–Trinajstić information content (AvgIpc) is 2.92. The molecule has 0 atom stereocenters. The number of fused-ring (bicyclic) bond motifs is 3. The molecule has 3 heterocycles. The minimum absolute atomic E-state index is 0.400. The van der Waals surface area contributed by atoms with Crippen LogP contribution in [-0.4, -0.2) is 23.3 Å². The van der Waals surface area contributed by atoms with E-state index in [1.54, 1.807) is 12.4 Å². The Hall–Kier alpha value is -1.56. The van der Waals surface area contributed by atoms with Gasteiger partial charge in [-0.25, -0.2) is 0 Å². The number of rotatable bonds is 1. The van der Waals surface area contributed by atoms with Crippen LogP contribution in [0.25, 0.3) is 21.9 Å². The van der Waals surface area contributed by atoms with Crippen LogP contribution in [0, 0.1) is 0 Å². The molecule has 0 spiro atoms. The zero-order valence-electron chi connectivity index (χ0n) is 13.5. The summed E-state index contributed by atoms with van der Waals surface area (Å²) in [6, 6.07) is 5.62. The zero-order valence-corrected chi connectivity index (χ0v) is 14.3. The lowest BCUT2D eigenvalue weighted by Gasteiger charge is -2.32. The van der Waals surface area contributed by atoms with Gasteiger partial charge in [-0.1, -0.05) is 11.6 Å². The Balaban J connectivity index is 1.93. The molecule has 6 heteroatoms. The van der Waals surface area contributed by atoms with Crippen LogP contribution in [0.3, 0.4) is 0 Å². The summed E-state index contributed by atoms with van der Waals surface area (Å²) in [6.45, 7) is 8.14. The van der Waals surface area contributed by atoms with Gasteiger partial charge in [0.2, 0.25) is 0 Å². The van der Waals surface area contributed by atoms with E-state index in [0.717, 1.165) is 21.8 Å². The van der Waals surface area contributed by atoms with Crippen LogP contribution in [0.5, 0.6) is 0 Å². The monoisotopic (exact) mass is 329 g/mol. The molecule has 0 bridgehead atoms. The third-order valence-corrected chi connectivity index (χ3v) is 5.12. The number of benzene rings is 1. The number of hydrogen-bond acceptors (Lipinski definition) is 4. The molecule has 1 aliphatic rings. The molecule has 23 heavy (non-hydrogen) atoms. The third kappa shape index (κ3) is 2.18. The summed E-state index contributed by atoms with van der Waals surface area (Å²) in [5, 5.41) is 2.59. The van der Waals surface area contributed by atoms with E-state index in [4.69, 9.17) is 25.3 Å². The summed E-state index contributed by atoms with van der Waals surface area (Å²) in [6.07, 6.45) is 3.49. The van der Waals surface area contributed by atoms with Crippen LogP contribution in [0.15, 0.2) is 35.0 Å². The molecule has 1 aliphatic heterocycles. The Bertz CT molecular complexity index is 903. The maximum Gasteiger partial charge on any atom is 0.497 e. The third-order valence-electron chi connectivity index (χ3n) is 4.88. The molecule has 0 aliphatic carbocycles. The maximum atomic E-state index is 6.17. The van der Waals surface area contributed by atoms with Crippen LogP contribution in [-0.2, 0) is 9.31 Å². The lowest BCUT2D eigenvalue weighted by molar-refractivity contribution is 0.00578. The molecular weight excluding hydrogens is 312 g/mol. The fraction of sp³-hybridized carbons (Fsp3) is 0.353. The number of aromatic nitrogens is 1. The zero-order chi connectivity index (χ0) is 16.4. The molecule has 0 amide bonds. The molecule has 4 rings (SSSR count). The van der Waals surface area contributed by atoms with Crippen molar-refractivity contribution in [2.75, 3.05) is 0 Å². The summed E-state index contributed by atoms with van der Waals surface area (Å²) in [7, 11) is -0.479. The summed E-state index contributed by atoms with van der Waals surface area (Å²) in [5.74, 6) is 0. The van der Waals surface area contributed by atoms with Crippen molar-refractivity contribution in [2.45, 2.75) is 38.9 Å². The lowest BCUT2D eigenvalue weighted by Crippen LogP contribution is -2.41. The minimum Gasteiger partial charge on any atom is -0.454 e. The average molecular weight is 330 g/mol. The van der Waals surface area contributed by atoms with Crippen molar-refractivity contribution in [3.63, 3.8) is 0 Å². The first-order chi connectivity index (χ1) is 10.8. The highest BCUT2D eigenvalue weighted by Gasteiger charge is 2.52. The number of pyridine rings is 1. The molecule has 118 valence electrons. The minimum atomic E-state index is -0.479. The Morgan fingerprint density at radius 3 is 2.39 bits per heavy atom. The molecule has 1 aromatic carbocycles. The van der Waals surface area contributed by atoms with E-state index < -0.39 is 18.3 Å². The van der Waals surface area contributed by atoms with E-state index in [2.05, 4.69) is 4.98 Å². The molecule has 3 aromatic rings. The standard InChI is InChI=1S/C17H17BClNO3/c1-16(2)17(3,4)23-18(22-16)12-8-20-9-14-15(12)11-6-5-10(19)7-13(11)21-14/h5-9H,1-4H3. The largest absolute Gasteiger partial charge is 0.497 e. The SMILES string of the molecule is CC1(C)OB(c2cncc3oc4cc(Cl)ccc4c23)OC1(C)C. The van der Waals surface area contributed by atoms with Gasteiger partial charge < -0.3 is 13.7 Å². The molecule has 1 fully saturated rings. The van der Waals surface area contributed by atoms with Crippen LogP contribution in [0.4, 0.5) is 0 Å². The van der Waals surface area contributed by atoms with Crippen LogP contribution >= 0.6 is 11.6 Å². The van der Waals surface area contributed by atoms with Gasteiger partial charge >= 0.3 is 7.12 Å². The Kier molecular flexibility index (Phi) is 3.08. The van der Waals surface area contributed by atoms with Gasteiger partial charge in [-0.15, -0.1) is 0 Å². The van der Waals surface area contributed by atoms with E-state index >= 15 is 0 Å². The second-order valence-corrected chi connectivity index (χ2v) is 7.37. The number of halogens is 1. The Morgan fingerprint density at radius 2 is 1.70 bits per heavy atom. The van der Waals surface area contributed by atoms with Crippen molar-refractivity contribution in [3.05, 3.63) is 35.6 Å². The number of nitrogens with zero attached hydrogens (tertiary/aromatic N) is 1. The molecule has 0 radical (unpaired) electrons. The van der Waals surface area contributed by atoms with Crippen LogP contribution < -0.4 is 5.46 Å². The van der Waals surface area contributed by atoms with Gasteiger partial charge in [0.15, 0.2) is 5.58 Å². The van der Waals surface area contributed by atoms with Crippen molar-refractivity contribution in [1.82, 2.24) is 4.98 Å². The van der Waals surface area contributed by atoms with E-state index in [1.807, 2.05) is 45.9 Å². The van der Waals surface area contributed by atoms with E-state index in [1.165, 1.54) is 0 Å². The van der Waals surface area contributed by atoms with E-state index in [9.17, 15) is 0 Å². The molecule has 0 unspecified atom stereocenters. The van der Waals surface area contributed by atoms with Gasteiger partial charge in [-0.2, -0.15) is 0 Å². The normalized spacial score (nSPS) is 19.8. The van der Waals surface area contributed by atoms with Crippen molar-refractivity contribution in [2.24, 2.45) is 0 Å². The van der Waals surface area contributed by atoms with Crippen LogP contribution in [0.1, 0.15) is 27.7 Å². The highest BCUT2D eigenvalue weighted by atomic mass is 35.5. The van der Waals surface area contributed by atoms with Gasteiger partial charge in [0.05, 0.1) is 17.4 Å². The first-order valence-corrected chi connectivity index (χ1v) is 7.98. The summed E-state index contributed by atoms with van der Waals surface area (Å²) in [4.78, 5) is 4.28. The molecule has 0 saturated carbocycles. The molecule has 4 nitrogen and oxygen atoms in total. The number of furan rings is 1. The van der Waals surface area contributed by atoms with Gasteiger partial charge in [0, 0.05) is 33.5 Å². The molecule has 0 N–H and O–H groups in total. The van der Waals surface area contributed by atoms with Gasteiger partial charge in [-0.3, -0.25) is 4.98 Å². The highest BCUT2D eigenvalue weighted by molar-refractivity contribution is 6.65. The first kappa shape index (κ1) is 15.0. The van der Waals surface area contributed by atoms with E-state index in [0.29, 0.717) is 10.6 Å².